The van der Waals surface area contributed by atoms with E-state index < -0.39 is 23.3 Å². The summed E-state index contributed by atoms with van der Waals surface area (Å²) in [4.78, 5) is 13.7. The van der Waals surface area contributed by atoms with E-state index in [1.54, 1.807) is 24.3 Å². The molecule has 0 spiro atoms. The summed E-state index contributed by atoms with van der Waals surface area (Å²) >= 11 is 6.89. The number of hydrogen-bond donors (Lipinski definition) is 2. The molecule has 4 fully saturated rings. The Balaban J connectivity index is 1.30. The quantitative estimate of drug-likeness (QED) is 0.211. The number of aromatic nitrogens is 2. The van der Waals surface area contributed by atoms with E-state index in [9.17, 15) is 8.78 Å². The van der Waals surface area contributed by atoms with Gasteiger partial charge in [0.05, 0.1) is 16.1 Å². The van der Waals surface area contributed by atoms with Crippen LogP contribution in [0.4, 0.5) is 24.7 Å². The number of terminal acetylenes is 1. The van der Waals surface area contributed by atoms with Crippen molar-refractivity contribution in [2.75, 3.05) is 43.4 Å². The summed E-state index contributed by atoms with van der Waals surface area (Å²) in [5, 5.41) is 5.04. The Morgan fingerprint density at radius 3 is 2.71 bits per heavy atom. The Morgan fingerprint density at radius 1 is 1.13 bits per heavy atom. The maximum Gasteiger partial charge on any atom is 0.319 e. The maximum absolute atomic E-state index is 17.0. The number of fused-ring (bicyclic) bond motifs is 5. The van der Waals surface area contributed by atoms with Crippen LogP contribution in [0.3, 0.4) is 0 Å². The van der Waals surface area contributed by atoms with Gasteiger partial charge in [-0.1, -0.05) is 23.6 Å². The number of piperazine rings is 1. The minimum atomic E-state index is -0.911. The number of alkyl halides is 1. The Labute approximate surface area is 263 Å². The monoisotopic (exact) mass is 632 g/mol. The van der Waals surface area contributed by atoms with Gasteiger partial charge in [0.2, 0.25) is 0 Å². The summed E-state index contributed by atoms with van der Waals surface area (Å²) in [6, 6.07) is 8.29. The van der Waals surface area contributed by atoms with Crippen LogP contribution < -0.4 is 20.7 Å². The first-order chi connectivity index (χ1) is 21.7. The normalized spacial score (nSPS) is 26.1. The zero-order valence-corrected chi connectivity index (χ0v) is 25.3. The van der Waals surface area contributed by atoms with E-state index in [4.69, 9.17) is 33.5 Å². The van der Waals surface area contributed by atoms with Crippen LogP contribution in [0.15, 0.2) is 30.3 Å². The summed E-state index contributed by atoms with van der Waals surface area (Å²) in [5.74, 6) is 1.62. The zero-order valence-electron chi connectivity index (χ0n) is 24.6. The number of nitrogens with zero attached hydrogens (tertiary/aromatic N) is 4. The van der Waals surface area contributed by atoms with Gasteiger partial charge in [0.15, 0.2) is 5.82 Å². The first-order valence-corrected chi connectivity index (χ1v) is 15.8. The van der Waals surface area contributed by atoms with E-state index in [1.807, 2.05) is 0 Å². The zero-order chi connectivity index (χ0) is 31.0. The molecule has 0 amide bonds. The standard InChI is InChI=1S/C34H32ClF3N6O/c1-2-23-27(37)7-4-18-10-20(39)11-24(28(18)23)29-26(35)12-25-31(30(29)38)41-33(42-32(25)43-15-21-5-6-22(16-43)40-21)45-17-34-8-3-9-44(34)14-19(36)13-34/h1,4,7,10-12,19,21-22,40H,3,5-6,8-9,13-17,39H2/t19-,21?,22?,34?/m1/s1. The molecule has 11 heteroatoms. The van der Waals surface area contributed by atoms with Gasteiger partial charge in [-0.25, -0.2) is 13.2 Å². The highest BCUT2D eigenvalue weighted by atomic mass is 35.5. The van der Waals surface area contributed by atoms with Gasteiger partial charge in [-0.15, -0.1) is 6.42 Å². The summed E-state index contributed by atoms with van der Waals surface area (Å²) in [5.41, 5.74) is 6.44. The fourth-order valence-corrected chi connectivity index (χ4v) is 8.43. The molecular formula is C34H32ClF3N6O. The molecule has 1 aromatic heterocycles. The van der Waals surface area contributed by atoms with Crippen molar-refractivity contribution in [3.05, 3.63) is 52.6 Å². The average molecular weight is 633 g/mol. The highest BCUT2D eigenvalue weighted by molar-refractivity contribution is 6.35. The molecule has 45 heavy (non-hydrogen) atoms. The lowest BCUT2D eigenvalue weighted by Gasteiger charge is -2.34. The van der Waals surface area contributed by atoms with Crippen molar-refractivity contribution < 1.29 is 17.9 Å². The van der Waals surface area contributed by atoms with Crippen LogP contribution in [0, 0.1) is 24.0 Å². The highest BCUT2D eigenvalue weighted by Gasteiger charge is 2.49. The number of nitrogen functional groups attached to an aromatic ring is 1. The van der Waals surface area contributed by atoms with Crippen molar-refractivity contribution >= 4 is 44.8 Å². The van der Waals surface area contributed by atoms with Crippen molar-refractivity contribution in [2.24, 2.45) is 0 Å². The molecule has 8 rings (SSSR count). The summed E-state index contributed by atoms with van der Waals surface area (Å²) in [6.45, 7) is 2.80. The summed E-state index contributed by atoms with van der Waals surface area (Å²) in [7, 11) is 0. The average Bonchev–Trinajstić information content (AvgIpc) is 3.66. The molecule has 5 heterocycles. The Bertz CT molecular complexity index is 1900. The van der Waals surface area contributed by atoms with Crippen molar-refractivity contribution in [1.29, 1.82) is 0 Å². The fourth-order valence-electron chi connectivity index (χ4n) is 8.13. The van der Waals surface area contributed by atoms with Crippen LogP contribution in [-0.4, -0.2) is 71.4 Å². The molecule has 0 radical (unpaired) electrons. The van der Waals surface area contributed by atoms with E-state index >= 15 is 4.39 Å². The number of nitrogens with two attached hydrogens (primary N) is 1. The molecule has 4 saturated heterocycles. The molecule has 2 bridgehead atoms. The van der Waals surface area contributed by atoms with Gasteiger partial charge in [-0.05, 0) is 67.4 Å². The van der Waals surface area contributed by atoms with Crippen LogP contribution in [0.25, 0.3) is 32.8 Å². The lowest BCUT2D eigenvalue weighted by atomic mass is 9.92. The molecule has 3 unspecified atom stereocenters. The van der Waals surface area contributed by atoms with E-state index in [1.165, 1.54) is 6.07 Å². The third kappa shape index (κ3) is 4.67. The second kappa shape index (κ2) is 10.6. The summed E-state index contributed by atoms with van der Waals surface area (Å²) in [6.07, 6.45) is 9.08. The molecule has 4 aromatic rings. The molecule has 232 valence electrons. The van der Waals surface area contributed by atoms with Crippen LogP contribution in [0.2, 0.25) is 5.02 Å². The van der Waals surface area contributed by atoms with Gasteiger partial charge in [-0.3, -0.25) is 4.90 Å². The highest BCUT2D eigenvalue weighted by Crippen LogP contribution is 2.44. The van der Waals surface area contributed by atoms with Crippen LogP contribution in [-0.2, 0) is 0 Å². The van der Waals surface area contributed by atoms with Crippen LogP contribution in [0.5, 0.6) is 6.01 Å². The summed E-state index contributed by atoms with van der Waals surface area (Å²) < 4.78 is 52.6. The number of nitrogens with one attached hydrogen (secondary N) is 1. The molecule has 3 aromatic carbocycles. The predicted molar refractivity (Wildman–Crippen MR) is 170 cm³/mol. The number of ether oxygens (including phenoxy) is 1. The topological polar surface area (TPSA) is 79.5 Å². The van der Waals surface area contributed by atoms with Gasteiger partial charge >= 0.3 is 6.01 Å². The van der Waals surface area contributed by atoms with Gasteiger partial charge in [-0.2, -0.15) is 9.97 Å². The molecule has 7 nitrogen and oxygen atoms in total. The lowest BCUT2D eigenvalue weighted by molar-refractivity contribution is 0.107. The SMILES string of the molecule is C#Cc1c(F)ccc2cc(N)cc(-c3c(Cl)cc4c(N5CC6CCC(C5)N6)nc(OCC56CCCN5C[C@H](F)C6)nc4c3F)c12. The fraction of sp³-hybridized carbons (Fsp3) is 0.412. The number of benzene rings is 3. The van der Waals surface area contributed by atoms with Crippen LogP contribution >= 0.6 is 11.6 Å². The Hall–Kier alpha value is -3.78. The number of rotatable bonds is 5. The lowest BCUT2D eigenvalue weighted by Crippen LogP contribution is -2.51. The van der Waals surface area contributed by atoms with Gasteiger partial charge < -0.3 is 20.7 Å². The number of halogens is 4. The van der Waals surface area contributed by atoms with Crippen LogP contribution in [0.1, 0.15) is 37.7 Å². The van der Waals surface area contributed by atoms with Crippen molar-refractivity contribution in [3.63, 3.8) is 0 Å². The maximum atomic E-state index is 17.0. The number of anilines is 2. The Kier molecular flexibility index (Phi) is 6.79. The predicted octanol–water partition coefficient (Wildman–Crippen LogP) is 5.84. The molecule has 4 aliphatic rings. The second-order valence-corrected chi connectivity index (χ2v) is 13.3. The molecule has 0 aliphatic carbocycles. The third-order valence-electron chi connectivity index (χ3n) is 10.1. The Morgan fingerprint density at radius 2 is 1.93 bits per heavy atom. The van der Waals surface area contributed by atoms with E-state index in [-0.39, 0.29) is 39.8 Å². The van der Waals surface area contributed by atoms with Gasteiger partial charge in [0.1, 0.15) is 29.9 Å². The molecular weight excluding hydrogens is 601 g/mol. The first kappa shape index (κ1) is 28.7. The molecule has 4 atom stereocenters. The van der Waals surface area contributed by atoms with E-state index in [2.05, 4.69) is 26.0 Å². The van der Waals surface area contributed by atoms with E-state index in [0.29, 0.717) is 65.8 Å². The minimum Gasteiger partial charge on any atom is -0.461 e. The minimum absolute atomic E-state index is 0.00939. The molecule has 0 saturated carbocycles. The van der Waals surface area contributed by atoms with Gasteiger partial charge in [0.25, 0.3) is 0 Å². The van der Waals surface area contributed by atoms with E-state index in [0.717, 1.165) is 32.2 Å². The molecule has 3 N–H and O–H groups in total. The smallest absolute Gasteiger partial charge is 0.319 e. The third-order valence-corrected chi connectivity index (χ3v) is 10.4. The van der Waals surface area contributed by atoms with Crippen molar-refractivity contribution in [2.45, 2.75) is 55.9 Å². The van der Waals surface area contributed by atoms with Crippen molar-refractivity contribution in [3.8, 4) is 29.5 Å². The molecule has 4 aliphatic heterocycles. The van der Waals surface area contributed by atoms with Gasteiger partial charge in [0, 0.05) is 60.2 Å². The first-order valence-electron chi connectivity index (χ1n) is 15.4. The second-order valence-electron chi connectivity index (χ2n) is 12.9. The number of hydrogen-bond acceptors (Lipinski definition) is 7. The van der Waals surface area contributed by atoms with Crippen molar-refractivity contribution in [1.82, 2.24) is 20.2 Å². The largest absolute Gasteiger partial charge is 0.461 e.